The Labute approximate surface area is 150 Å². The zero-order valence-electron chi connectivity index (χ0n) is 14.3. The van der Waals surface area contributed by atoms with Gasteiger partial charge in [-0.1, -0.05) is 0 Å². The van der Waals surface area contributed by atoms with Gasteiger partial charge in [0.2, 0.25) is 5.91 Å². The number of carbonyl (C=O) groups excluding carboxylic acids is 1. The summed E-state index contributed by atoms with van der Waals surface area (Å²) in [5, 5.41) is 3.96. The summed E-state index contributed by atoms with van der Waals surface area (Å²) in [4.78, 5) is 17.7. The molecule has 7 heteroatoms. The average Bonchev–Trinajstić information content (AvgIpc) is 2.88. The molecular weight excluding hydrogens is 343 g/mol. The van der Waals surface area contributed by atoms with Gasteiger partial charge in [0.15, 0.2) is 0 Å². The van der Waals surface area contributed by atoms with Crippen LogP contribution in [0.3, 0.4) is 0 Å². The molecule has 3 rings (SSSR count). The van der Waals surface area contributed by atoms with Gasteiger partial charge < -0.3 is 14.8 Å². The van der Waals surface area contributed by atoms with Gasteiger partial charge in [-0.15, -0.1) is 11.3 Å². The van der Waals surface area contributed by atoms with Gasteiger partial charge in [0.1, 0.15) is 17.7 Å². The number of aryl methyl sites for hydroxylation is 2. The Morgan fingerprint density at radius 3 is 2.84 bits per heavy atom. The minimum absolute atomic E-state index is 0.0741. The standard InChI is InChI=1S/C18H21FN2O3S/c1-11-17(25-12(2)20-11)9-18(22)21-15-10-23-8-7-16(15)24-14-5-3-13(19)4-6-14/h3-6,15-16H,7-10H2,1-2H3,(H,21,22)/t15-,16+/m1/s1. The Morgan fingerprint density at radius 2 is 2.16 bits per heavy atom. The summed E-state index contributed by atoms with van der Waals surface area (Å²) in [5.41, 5.74) is 0.900. The number of nitrogens with zero attached hydrogens (tertiary/aromatic N) is 1. The fourth-order valence-electron chi connectivity index (χ4n) is 2.82. The van der Waals surface area contributed by atoms with Gasteiger partial charge in [-0.05, 0) is 38.1 Å². The molecule has 1 aliphatic heterocycles. The van der Waals surface area contributed by atoms with E-state index < -0.39 is 0 Å². The van der Waals surface area contributed by atoms with Crippen molar-refractivity contribution in [3.63, 3.8) is 0 Å². The molecule has 0 radical (unpaired) electrons. The monoisotopic (exact) mass is 364 g/mol. The SMILES string of the molecule is Cc1nc(C)c(CC(=O)N[C@@H]2COCC[C@@H]2Oc2ccc(F)cc2)s1. The molecule has 1 fully saturated rings. The van der Waals surface area contributed by atoms with Crippen molar-refractivity contribution >= 4 is 17.2 Å². The number of carbonyl (C=O) groups is 1. The Hall–Kier alpha value is -1.99. The number of rotatable bonds is 5. The average molecular weight is 364 g/mol. The van der Waals surface area contributed by atoms with E-state index in [1.54, 1.807) is 12.1 Å². The third-order valence-corrected chi connectivity index (χ3v) is 5.13. The van der Waals surface area contributed by atoms with E-state index in [1.807, 2.05) is 13.8 Å². The Bertz CT molecular complexity index is 732. The lowest BCUT2D eigenvalue weighted by Crippen LogP contribution is -2.52. The number of thiazole rings is 1. The van der Waals surface area contributed by atoms with E-state index in [4.69, 9.17) is 9.47 Å². The molecule has 2 atom stereocenters. The molecule has 5 nitrogen and oxygen atoms in total. The first-order valence-electron chi connectivity index (χ1n) is 8.23. The van der Waals surface area contributed by atoms with Crippen LogP contribution in [0.4, 0.5) is 4.39 Å². The fraction of sp³-hybridized carbons (Fsp3) is 0.444. The predicted molar refractivity (Wildman–Crippen MR) is 93.5 cm³/mol. The molecule has 0 spiro atoms. The molecule has 0 unspecified atom stereocenters. The number of ether oxygens (including phenoxy) is 2. The van der Waals surface area contributed by atoms with Crippen molar-refractivity contribution in [3.8, 4) is 5.75 Å². The zero-order valence-corrected chi connectivity index (χ0v) is 15.1. The van der Waals surface area contributed by atoms with Crippen LogP contribution in [0.5, 0.6) is 5.75 Å². The lowest BCUT2D eigenvalue weighted by atomic mass is 10.1. The van der Waals surface area contributed by atoms with Crippen LogP contribution >= 0.6 is 11.3 Å². The topological polar surface area (TPSA) is 60.5 Å². The van der Waals surface area contributed by atoms with E-state index in [0.29, 0.717) is 31.8 Å². The molecule has 0 aliphatic carbocycles. The fourth-order valence-corrected chi connectivity index (χ4v) is 3.76. The summed E-state index contributed by atoms with van der Waals surface area (Å²) in [5.74, 6) is 0.204. The minimum atomic E-state index is -0.306. The van der Waals surface area contributed by atoms with E-state index in [9.17, 15) is 9.18 Å². The number of amides is 1. The van der Waals surface area contributed by atoms with E-state index >= 15 is 0 Å². The second-order valence-corrected chi connectivity index (χ2v) is 7.35. The molecular formula is C18H21FN2O3S. The highest BCUT2D eigenvalue weighted by Crippen LogP contribution is 2.20. The maximum atomic E-state index is 13.0. The molecule has 0 saturated carbocycles. The molecule has 25 heavy (non-hydrogen) atoms. The number of halogens is 1. The quantitative estimate of drug-likeness (QED) is 0.886. The molecule has 134 valence electrons. The molecule has 2 aromatic rings. The van der Waals surface area contributed by atoms with Crippen molar-refractivity contribution in [2.45, 2.75) is 38.8 Å². The maximum absolute atomic E-state index is 13.0. The smallest absolute Gasteiger partial charge is 0.225 e. The molecule has 1 aromatic heterocycles. The first-order chi connectivity index (χ1) is 12.0. The maximum Gasteiger partial charge on any atom is 0.225 e. The van der Waals surface area contributed by atoms with Crippen LogP contribution in [-0.4, -0.2) is 36.3 Å². The van der Waals surface area contributed by atoms with E-state index in [1.165, 1.54) is 23.5 Å². The number of nitrogens with one attached hydrogen (secondary N) is 1. The molecule has 1 aromatic carbocycles. The highest BCUT2D eigenvalue weighted by atomic mass is 32.1. The van der Waals surface area contributed by atoms with Gasteiger partial charge in [-0.25, -0.2) is 9.37 Å². The molecule has 0 bridgehead atoms. The lowest BCUT2D eigenvalue weighted by Gasteiger charge is -2.32. The molecule has 1 N–H and O–H groups in total. The number of benzene rings is 1. The number of aromatic nitrogens is 1. The van der Waals surface area contributed by atoms with Gasteiger partial charge >= 0.3 is 0 Å². The molecule has 1 amide bonds. The summed E-state index contributed by atoms with van der Waals surface area (Å²) in [6, 6.07) is 5.66. The third kappa shape index (κ3) is 4.76. The molecule has 2 heterocycles. The van der Waals surface area contributed by atoms with Crippen molar-refractivity contribution < 1.29 is 18.7 Å². The number of hydrogen-bond acceptors (Lipinski definition) is 5. The van der Waals surface area contributed by atoms with Crippen LogP contribution in [0.15, 0.2) is 24.3 Å². The number of hydrogen-bond donors (Lipinski definition) is 1. The van der Waals surface area contributed by atoms with Crippen molar-refractivity contribution in [3.05, 3.63) is 45.7 Å². The third-order valence-electron chi connectivity index (χ3n) is 4.06. The van der Waals surface area contributed by atoms with Crippen LogP contribution in [0.2, 0.25) is 0 Å². The van der Waals surface area contributed by atoms with Crippen molar-refractivity contribution in [1.29, 1.82) is 0 Å². The Balaban J connectivity index is 1.61. The molecule has 1 aliphatic rings. The highest BCUT2D eigenvalue weighted by molar-refractivity contribution is 7.11. The van der Waals surface area contributed by atoms with Gasteiger partial charge in [-0.2, -0.15) is 0 Å². The predicted octanol–water partition coefficient (Wildman–Crippen LogP) is 2.79. The van der Waals surface area contributed by atoms with Gasteiger partial charge in [-0.3, -0.25) is 4.79 Å². The van der Waals surface area contributed by atoms with Crippen LogP contribution < -0.4 is 10.1 Å². The van der Waals surface area contributed by atoms with Crippen LogP contribution in [-0.2, 0) is 16.0 Å². The summed E-state index contributed by atoms with van der Waals surface area (Å²) in [6.07, 6.45) is 0.769. The summed E-state index contributed by atoms with van der Waals surface area (Å²) in [6.45, 7) is 4.82. The van der Waals surface area contributed by atoms with Crippen molar-refractivity contribution in [2.24, 2.45) is 0 Å². The minimum Gasteiger partial charge on any atom is -0.488 e. The van der Waals surface area contributed by atoms with E-state index in [-0.39, 0.29) is 23.9 Å². The van der Waals surface area contributed by atoms with Crippen molar-refractivity contribution in [1.82, 2.24) is 10.3 Å². The summed E-state index contributed by atoms with van der Waals surface area (Å²) < 4.78 is 24.4. The van der Waals surface area contributed by atoms with Crippen LogP contribution in [0, 0.1) is 19.7 Å². The van der Waals surface area contributed by atoms with Gasteiger partial charge in [0.05, 0.1) is 36.4 Å². The first-order valence-corrected chi connectivity index (χ1v) is 9.05. The summed E-state index contributed by atoms with van der Waals surface area (Å²) in [7, 11) is 0. The van der Waals surface area contributed by atoms with Crippen LogP contribution in [0.1, 0.15) is 22.0 Å². The normalized spacial score (nSPS) is 20.3. The van der Waals surface area contributed by atoms with E-state index in [0.717, 1.165) is 15.6 Å². The Kier molecular flexibility index (Phi) is 5.65. The largest absolute Gasteiger partial charge is 0.488 e. The van der Waals surface area contributed by atoms with Crippen molar-refractivity contribution in [2.75, 3.05) is 13.2 Å². The first kappa shape index (κ1) is 17.8. The highest BCUT2D eigenvalue weighted by Gasteiger charge is 2.29. The van der Waals surface area contributed by atoms with Gasteiger partial charge in [0, 0.05) is 11.3 Å². The Morgan fingerprint density at radius 1 is 1.40 bits per heavy atom. The van der Waals surface area contributed by atoms with Gasteiger partial charge in [0.25, 0.3) is 0 Å². The molecule has 1 saturated heterocycles. The lowest BCUT2D eigenvalue weighted by molar-refractivity contribution is -0.123. The second-order valence-electron chi connectivity index (χ2n) is 6.07. The zero-order chi connectivity index (χ0) is 17.8. The second kappa shape index (κ2) is 7.93. The summed E-state index contributed by atoms with van der Waals surface area (Å²) >= 11 is 1.54. The van der Waals surface area contributed by atoms with Crippen LogP contribution in [0.25, 0.3) is 0 Å². The van der Waals surface area contributed by atoms with E-state index in [2.05, 4.69) is 10.3 Å².